The topological polar surface area (TPSA) is 38.5 Å². The summed E-state index contributed by atoms with van der Waals surface area (Å²) in [6.07, 6.45) is 22.0. The average Bonchev–Trinajstić information content (AvgIpc) is 3.36. The number of aromatic nitrogens is 6. The predicted molar refractivity (Wildman–Crippen MR) is 96.0 cm³/mol. The molecule has 0 atom stereocenters. The van der Waals surface area contributed by atoms with Gasteiger partial charge in [-0.1, -0.05) is 0 Å². The van der Waals surface area contributed by atoms with E-state index in [0.29, 0.717) is 0 Å². The molecule has 7 heteroatoms. The zero-order chi connectivity index (χ0) is 17.6. The molecular weight excluding hydrogens is 326 g/mol. The summed E-state index contributed by atoms with van der Waals surface area (Å²) in [4.78, 5) is 0. The van der Waals surface area contributed by atoms with Crippen molar-refractivity contribution in [2.45, 2.75) is 52.1 Å². The van der Waals surface area contributed by atoms with Crippen molar-refractivity contribution in [3.63, 3.8) is 0 Å². The van der Waals surface area contributed by atoms with Crippen molar-refractivity contribution in [2.75, 3.05) is 13.1 Å². The van der Waals surface area contributed by atoms with E-state index in [9.17, 15) is 0 Å². The van der Waals surface area contributed by atoms with E-state index >= 15 is 0 Å². The van der Waals surface area contributed by atoms with Crippen molar-refractivity contribution in [2.24, 2.45) is 0 Å². The van der Waals surface area contributed by atoms with Gasteiger partial charge in [0, 0.05) is 25.9 Å². The van der Waals surface area contributed by atoms with Crippen LogP contribution >= 0.6 is 0 Å². The first-order valence-electron chi connectivity index (χ1n) is 9.70. The Morgan fingerprint density at radius 3 is 1.58 bits per heavy atom. The third-order valence-electron chi connectivity index (χ3n) is 5.00. The maximum absolute atomic E-state index is 3.54. The molecule has 0 radical (unpaired) electrons. The Balaban J connectivity index is 1.41. The molecule has 3 aromatic heterocycles. The molecule has 1 N–H and O–H groups in total. The van der Waals surface area contributed by atoms with Crippen LogP contribution in [0, 0.1) is 0 Å². The van der Waals surface area contributed by atoms with Gasteiger partial charge in [0.15, 0.2) is 0 Å². The summed E-state index contributed by atoms with van der Waals surface area (Å²) in [5, 5.41) is 3.54. The number of fused-ring (bicyclic) bond motifs is 6. The fraction of sp³-hybridized carbons (Fsp3) is 0.526. The van der Waals surface area contributed by atoms with E-state index in [-0.39, 0.29) is 0 Å². The van der Waals surface area contributed by atoms with Gasteiger partial charge < -0.3 is 5.32 Å². The number of nitrogens with one attached hydrogen (secondary N) is 1. The quantitative estimate of drug-likeness (QED) is 0.554. The standard InChI is InChI=1S/C19H30N7/c1-5-21-11-12-22(17-21)6-2-8-24-14-16-26(19-24)10-4-20-3-9-25-15-13-23(7-1)18-25/h11-20H,1-10H2/q+3. The number of nitrogens with zero attached hydrogens (tertiary/aromatic N) is 6. The molecule has 0 saturated heterocycles. The van der Waals surface area contributed by atoms with E-state index in [2.05, 4.69) is 88.9 Å². The minimum absolute atomic E-state index is 0.999. The maximum Gasteiger partial charge on any atom is 0.243 e. The normalized spacial score (nSPS) is 17.1. The fourth-order valence-corrected chi connectivity index (χ4v) is 3.52. The minimum atomic E-state index is 0.999. The number of hydrogen-bond acceptors (Lipinski definition) is 1. The van der Waals surface area contributed by atoms with Crippen LogP contribution in [0.4, 0.5) is 0 Å². The van der Waals surface area contributed by atoms with Crippen LogP contribution in [0.2, 0.25) is 0 Å². The van der Waals surface area contributed by atoms with Crippen molar-refractivity contribution in [1.29, 1.82) is 0 Å². The Morgan fingerprint density at radius 1 is 0.577 bits per heavy atom. The van der Waals surface area contributed by atoms with Gasteiger partial charge in [-0.2, -0.15) is 0 Å². The van der Waals surface area contributed by atoms with Gasteiger partial charge in [-0.3, -0.25) is 0 Å². The molecule has 7 nitrogen and oxygen atoms in total. The van der Waals surface area contributed by atoms with Crippen molar-refractivity contribution < 1.29 is 13.7 Å². The highest BCUT2D eigenvalue weighted by Crippen LogP contribution is 1.93. The predicted octanol–water partition coefficient (Wildman–Crippen LogP) is -0.263. The van der Waals surface area contributed by atoms with E-state index in [0.717, 1.165) is 65.2 Å². The molecule has 3 aromatic rings. The van der Waals surface area contributed by atoms with E-state index in [4.69, 9.17) is 0 Å². The Hall–Kier alpha value is -2.41. The lowest BCUT2D eigenvalue weighted by molar-refractivity contribution is -0.726. The lowest BCUT2D eigenvalue weighted by Crippen LogP contribution is -2.37. The molecule has 1 aliphatic heterocycles. The SMILES string of the molecule is c1c[n+]2cn1CCC[n+]1ccn(c1)CCNCCn1cc[n+](c1)CCC2. The van der Waals surface area contributed by atoms with Crippen LogP contribution in [0.3, 0.4) is 0 Å². The summed E-state index contributed by atoms with van der Waals surface area (Å²) >= 11 is 0. The minimum Gasteiger partial charge on any atom is -0.309 e. The molecule has 0 amide bonds. The van der Waals surface area contributed by atoms with E-state index in [1.807, 2.05) is 0 Å². The second-order valence-electron chi connectivity index (χ2n) is 7.12. The molecule has 6 bridgehead atoms. The monoisotopic (exact) mass is 356 g/mol. The summed E-state index contributed by atoms with van der Waals surface area (Å²) in [7, 11) is 0. The summed E-state index contributed by atoms with van der Waals surface area (Å²) in [5.74, 6) is 0. The van der Waals surface area contributed by atoms with Crippen LogP contribution < -0.4 is 19.0 Å². The lowest BCUT2D eigenvalue weighted by atomic mass is 10.4. The molecule has 0 aliphatic carbocycles. The van der Waals surface area contributed by atoms with Gasteiger partial charge in [-0.25, -0.2) is 27.4 Å². The van der Waals surface area contributed by atoms with E-state index in [1.165, 1.54) is 0 Å². The van der Waals surface area contributed by atoms with Crippen molar-refractivity contribution >= 4 is 0 Å². The first kappa shape index (κ1) is 17.0. The van der Waals surface area contributed by atoms with E-state index in [1.54, 1.807) is 0 Å². The van der Waals surface area contributed by atoms with Crippen LogP contribution in [0.15, 0.2) is 56.2 Å². The van der Waals surface area contributed by atoms with Gasteiger partial charge in [-0.15, -0.1) is 0 Å². The summed E-state index contributed by atoms with van der Waals surface area (Å²) in [5.41, 5.74) is 0. The fourth-order valence-electron chi connectivity index (χ4n) is 3.52. The first-order chi connectivity index (χ1) is 12.8. The molecule has 0 unspecified atom stereocenters. The number of imidazole rings is 3. The molecule has 0 fully saturated rings. The van der Waals surface area contributed by atoms with Crippen LogP contribution in [0.1, 0.15) is 12.8 Å². The van der Waals surface area contributed by atoms with Crippen LogP contribution in [-0.2, 0) is 39.3 Å². The van der Waals surface area contributed by atoms with Crippen molar-refractivity contribution in [1.82, 2.24) is 19.0 Å². The number of rotatable bonds is 0. The van der Waals surface area contributed by atoms with Crippen LogP contribution in [0.25, 0.3) is 0 Å². The van der Waals surface area contributed by atoms with Crippen LogP contribution in [-0.4, -0.2) is 26.8 Å². The van der Waals surface area contributed by atoms with Gasteiger partial charge in [-0.05, 0) is 0 Å². The molecule has 0 aromatic carbocycles. The third kappa shape index (κ3) is 4.60. The molecule has 0 spiro atoms. The molecular formula is C19H30N7+3. The molecule has 4 rings (SSSR count). The van der Waals surface area contributed by atoms with Gasteiger partial charge in [0.25, 0.3) is 0 Å². The van der Waals surface area contributed by atoms with Gasteiger partial charge in [0.05, 0.1) is 26.2 Å². The summed E-state index contributed by atoms with van der Waals surface area (Å²) in [6.45, 7) is 8.26. The largest absolute Gasteiger partial charge is 0.309 e. The number of hydrogen-bond donors (Lipinski definition) is 1. The highest BCUT2D eigenvalue weighted by Gasteiger charge is 2.09. The van der Waals surface area contributed by atoms with Gasteiger partial charge in [0.1, 0.15) is 50.3 Å². The van der Waals surface area contributed by atoms with E-state index < -0.39 is 0 Å². The average molecular weight is 356 g/mol. The second kappa shape index (κ2) is 8.31. The molecule has 1 aliphatic rings. The number of aryl methyl sites for hydroxylation is 4. The molecule has 4 heterocycles. The Bertz CT molecular complexity index is 749. The highest BCUT2D eigenvalue weighted by molar-refractivity contribution is 4.69. The van der Waals surface area contributed by atoms with Crippen LogP contribution in [0.5, 0.6) is 0 Å². The second-order valence-corrected chi connectivity index (χ2v) is 7.12. The summed E-state index contributed by atoms with van der Waals surface area (Å²) < 4.78 is 13.7. The van der Waals surface area contributed by atoms with Gasteiger partial charge >= 0.3 is 0 Å². The molecule has 138 valence electrons. The maximum atomic E-state index is 3.54. The summed E-state index contributed by atoms with van der Waals surface area (Å²) in [6, 6.07) is 0. The Morgan fingerprint density at radius 2 is 1.04 bits per heavy atom. The smallest absolute Gasteiger partial charge is 0.243 e. The molecule has 0 saturated carbocycles. The zero-order valence-electron chi connectivity index (χ0n) is 15.5. The zero-order valence-corrected chi connectivity index (χ0v) is 15.5. The Kier molecular flexibility index (Phi) is 5.44. The first-order valence-corrected chi connectivity index (χ1v) is 9.70. The lowest BCUT2D eigenvalue weighted by Gasteiger charge is -2.01. The third-order valence-corrected chi connectivity index (χ3v) is 5.00. The van der Waals surface area contributed by atoms with Crippen molar-refractivity contribution in [3.05, 3.63) is 56.2 Å². The highest BCUT2D eigenvalue weighted by atomic mass is 15.2. The Labute approximate surface area is 154 Å². The van der Waals surface area contributed by atoms with Gasteiger partial charge in [0.2, 0.25) is 19.0 Å². The molecule has 26 heavy (non-hydrogen) atoms. The van der Waals surface area contributed by atoms with Crippen molar-refractivity contribution in [3.8, 4) is 0 Å².